The normalized spacial score (nSPS) is 23.1. The van der Waals surface area contributed by atoms with Crippen LogP contribution in [0.15, 0.2) is 16.6 Å². The van der Waals surface area contributed by atoms with Crippen LogP contribution in [0.5, 0.6) is 0 Å². The molecular formula is C12H15BrF2N2S. The molecule has 0 saturated carbocycles. The predicted molar refractivity (Wildman–Crippen MR) is 74.7 cm³/mol. The fraction of sp³-hybridized carbons (Fsp3) is 0.500. The van der Waals surface area contributed by atoms with Gasteiger partial charge in [0.05, 0.1) is 10.5 Å². The number of halogens is 3. The van der Waals surface area contributed by atoms with Gasteiger partial charge in [0.25, 0.3) is 0 Å². The number of likely N-dealkylation sites (N-methyl/N-ethyl adjacent to an activating group) is 1. The summed E-state index contributed by atoms with van der Waals surface area (Å²) in [5, 5.41) is 0. The Morgan fingerprint density at radius 1 is 1.50 bits per heavy atom. The van der Waals surface area contributed by atoms with Gasteiger partial charge < -0.3 is 5.73 Å². The maximum Gasteiger partial charge on any atom is 0.145 e. The van der Waals surface area contributed by atoms with Crippen molar-refractivity contribution in [3.8, 4) is 0 Å². The number of thioether (sulfide) groups is 1. The summed E-state index contributed by atoms with van der Waals surface area (Å²) in [5.41, 5.74) is 6.05. The molecule has 2 N–H and O–H groups in total. The molecule has 0 amide bonds. The first-order valence-corrected chi connectivity index (χ1v) is 7.64. The highest BCUT2D eigenvalue weighted by Crippen LogP contribution is 2.31. The van der Waals surface area contributed by atoms with Crippen LogP contribution in [0.1, 0.15) is 11.6 Å². The third-order valence-electron chi connectivity index (χ3n) is 3.27. The van der Waals surface area contributed by atoms with E-state index in [4.69, 9.17) is 5.73 Å². The van der Waals surface area contributed by atoms with Crippen LogP contribution < -0.4 is 5.73 Å². The van der Waals surface area contributed by atoms with Gasteiger partial charge in [-0.2, -0.15) is 11.8 Å². The van der Waals surface area contributed by atoms with Gasteiger partial charge in [0.1, 0.15) is 11.6 Å². The molecule has 1 heterocycles. The highest BCUT2D eigenvalue weighted by Gasteiger charge is 2.30. The van der Waals surface area contributed by atoms with Crippen molar-refractivity contribution in [2.45, 2.75) is 12.1 Å². The van der Waals surface area contributed by atoms with Crippen molar-refractivity contribution in [3.05, 3.63) is 33.8 Å². The molecular weight excluding hydrogens is 322 g/mol. The van der Waals surface area contributed by atoms with Gasteiger partial charge in [0.2, 0.25) is 0 Å². The van der Waals surface area contributed by atoms with E-state index in [0.29, 0.717) is 0 Å². The van der Waals surface area contributed by atoms with E-state index in [9.17, 15) is 8.78 Å². The van der Waals surface area contributed by atoms with Gasteiger partial charge >= 0.3 is 0 Å². The number of nitrogens with two attached hydrogens (primary N) is 1. The highest BCUT2D eigenvalue weighted by atomic mass is 79.9. The first-order chi connectivity index (χ1) is 8.52. The third kappa shape index (κ3) is 2.71. The van der Waals surface area contributed by atoms with Gasteiger partial charge in [-0.3, -0.25) is 4.90 Å². The molecule has 1 aliphatic rings. The first-order valence-electron chi connectivity index (χ1n) is 5.69. The molecule has 100 valence electrons. The van der Waals surface area contributed by atoms with Crippen LogP contribution in [-0.4, -0.2) is 36.0 Å². The highest BCUT2D eigenvalue weighted by molar-refractivity contribution is 9.10. The minimum atomic E-state index is -0.653. The monoisotopic (exact) mass is 336 g/mol. The molecule has 2 unspecified atom stereocenters. The summed E-state index contributed by atoms with van der Waals surface area (Å²) in [5.74, 6) is 0.658. The molecule has 0 spiro atoms. The summed E-state index contributed by atoms with van der Waals surface area (Å²) in [4.78, 5) is 2.07. The van der Waals surface area contributed by atoms with E-state index < -0.39 is 17.7 Å². The van der Waals surface area contributed by atoms with Crippen LogP contribution in [0.4, 0.5) is 8.78 Å². The Morgan fingerprint density at radius 3 is 2.89 bits per heavy atom. The predicted octanol–water partition coefficient (Wildman–Crippen LogP) is 2.77. The van der Waals surface area contributed by atoms with Crippen LogP contribution in [0.3, 0.4) is 0 Å². The van der Waals surface area contributed by atoms with Crippen molar-refractivity contribution in [2.75, 3.05) is 25.1 Å². The molecule has 2 nitrogen and oxygen atoms in total. The maximum absolute atomic E-state index is 14.0. The summed E-state index contributed by atoms with van der Waals surface area (Å²) in [6.07, 6.45) is 0. The summed E-state index contributed by atoms with van der Waals surface area (Å²) < 4.78 is 28.0. The molecule has 0 aliphatic carbocycles. The summed E-state index contributed by atoms with van der Waals surface area (Å²) in [7, 11) is 1.94. The lowest BCUT2D eigenvalue weighted by Crippen LogP contribution is -2.46. The van der Waals surface area contributed by atoms with Crippen LogP contribution in [0, 0.1) is 11.6 Å². The van der Waals surface area contributed by atoms with E-state index in [2.05, 4.69) is 20.8 Å². The largest absolute Gasteiger partial charge is 0.322 e. The number of benzene rings is 1. The Balaban J connectivity index is 2.33. The summed E-state index contributed by atoms with van der Waals surface area (Å²) in [6.45, 7) is 0.889. The summed E-state index contributed by atoms with van der Waals surface area (Å²) >= 11 is 4.84. The molecule has 1 aromatic rings. The number of hydrogen-bond acceptors (Lipinski definition) is 3. The third-order valence-corrected chi connectivity index (χ3v) is 4.93. The second-order valence-electron chi connectivity index (χ2n) is 4.41. The second-order valence-corrected chi connectivity index (χ2v) is 6.41. The fourth-order valence-electron chi connectivity index (χ4n) is 2.12. The van der Waals surface area contributed by atoms with Gasteiger partial charge in [-0.25, -0.2) is 8.78 Å². The van der Waals surface area contributed by atoms with E-state index in [1.807, 2.05) is 7.05 Å². The topological polar surface area (TPSA) is 29.3 Å². The standard InChI is InChI=1S/C12H15BrF2N2S/c1-17-4-5-18-6-9(17)12(16)10-8(14)3-2-7(13)11(10)15/h2-3,9,12H,4-6,16H2,1H3. The van der Waals surface area contributed by atoms with Gasteiger partial charge in [0, 0.05) is 29.7 Å². The van der Waals surface area contributed by atoms with Gasteiger partial charge in [-0.05, 0) is 35.1 Å². The molecule has 2 rings (SSSR count). The zero-order valence-corrected chi connectivity index (χ0v) is 12.4. The second kappa shape index (κ2) is 5.86. The lowest BCUT2D eigenvalue weighted by Gasteiger charge is -2.36. The van der Waals surface area contributed by atoms with Crippen LogP contribution >= 0.6 is 27.7 Å². The Kier molecular flexibility index (Phi) is 4.64. The maximum atomic E-state index is 14.0. The molecule has 18 heavy (non-hydrogen) atoms. The molecule has 6 heteroatoms. The van der Waals surface area contributed by atoms with E-state index in [-0.39, 0.29) is 16.1 Å². The van der Waals surface area contributed by atoms with Crippen molar-refractivity contribution >= 4 is 27.7 Å². The van der Waals surface area contributed by atoms with Gasteiger partial charge in [-0.15, -0.1) is 0 Å². The van der Waals surface area contributed by atoms with Gasteiger partial charge in [-0.1, -0.05) is 0 Å². The zero-order valence-electron chi connectivity index (χ0n) is 10.00. The molecule has 0 bridgehead atoms. The average Bonchev–Trinajstić information content (AvgIpc) is 2.35. The minimum Gasteiger partial charge on any atom is -0.322 e. The molecule has 0 aromatic heterocycles. The van der Waals surface area contributed by atoms with Crippen molar-refractivity contribution in [3.63, 3.8) is 0 Å². The Bertz CT molecular complexity index is 444. The smallest absolute Gasteiger partial charge is 0.145 e. The fourth-order valence-corrected chi connectivity index (χ4v) is 3.76. The molecule has 1 aliphatic heterocycles. The van der Waals surface area contributed by atoms with E-state index in [1.54, 1.807) is 11.8 Å². The number of rotatable bonds is 2. The number of hydrogen-bond donors (Lipinski definition) is 1. The minimum absolute atomic E-state index is 0.0243. The van der Waals surface area contributed by atoms with Crippen molar-refractivity contribution < 1.29 is 8.78 Å². The SMILES string of the molecule is CN1CCSCC1C(N)c1c(F)ccc(Br)c1F. The van der Waals surface area contributed by atoms with Crippen LogP contribution in [-0.2, 0) is 0 Å². The number of nitrogens with zero attached hydrogens (tertiary/aromatic N) is 1. The molecule has 2 atom stereocenters. The van der Waals surface area contributed by atoms with E-state index >= 15 is 0 Å². The Morgan fingerprint density at radius 2 is 2.22 bits per heavy atom. The van der Waals surface area contributed by atoms with Crippen molar-refractivity contribution in [1.82, 2.24) is 4.90 Å². The summed E-state index contributed by atoms with van der Waals surface area (Å²) in [6, 6.07) is 1.92. The van der Waals surface area contributed by atoms with E-state index in [0.717, 1.165) is 18.1 Å². The average molecular weight is 337 g/mol. The lowest BCUT2D eigenvalue weighted by molar-refractivity contribution is 0.232. The molecule has 1 saturated heterocycles. The molecule has 0 radical (unpaired) electrons. The van der Waals surface area contributed by atoms with Gasteiger partial charge in [0.15, 0.2) is 0 Å². The zero-order chi connectivity index (χ0) is 13.3. The first kappa shape index (κ1) is 14.2. The van der Waals surface area contributed by atoms with E-state index in [1.165, 1.54) is 12.1 Å². The Hall–Kier alpha value is -0.170. The van der Waals surface area contributed by atoms with Crippen molar-refractivity contribution in [2.24, 2.45) is 5.73 Å². The molecule has 1 fully saturated rings. The quantitative estimate of drug-likeness (QED) is 0.842. The van der Waals surface area contributed by atoms with Crippen LogP contribution in [0.25, 0.3) is 0 Å². The lowest BCUT2D eigenvalue weighted by atomic mass is 9.99. The van der Waals surface area contributed by atoms with Crippen LogP contribution in [0.2, 0.25) is 0 Å². The van der Waals surface area contributed by atoms with Crippen molar-refractivity contribution in [1.29, 1.82) is 0 Å². The Labute approximate surface area is 118 Å². The molecule has 1 aromatic carbocycles.